The second kappa shape index (κ2) is 7.79. The lowest BCUT2D eigenvalue weighted by Gasteiger charge is -2.23. The third-order valence-electron chi connectivity index (χ3n) is 3.28. The molecule has 0 radical (unpaired) electrons. The van der Waals surface area contributed by atoms with Crippen LogP contribution in [0.1, 0.15) is 21.5 Å². The largest absolute Gasteiger partial charge is 0.376 e. The van der Waals surface area contributed by atoms with Crippen LogP contribution >= 0.6 is 0 Å². The molecule has 1 aromatic rings. The summed E-state index contributed by atoms with van der Waals surface area (Å²) in [6.07, 6.45) is -0.0804. The van der Waals surface area contributed by atoms with Crippen molar-refractivity contribution in [2.45, 2.75) is 13.0 Å². The molecule has 0 saturated carbocycles. The van der Waals surface area contributed by atoms with Gasteiger partial charge in [-0.25, -0.2) is 0 Å². The average Bonchev–Trinajstić information content (AvgIpc) is 2.52. The topological polar surface area (TPSA) is 73.6 Å². The number of hydrogen-bond acceptors (Lipinski definition) is 4. The molecule has 1 aliphatic rings. The van der Waals surface area contributed by atoms with Crippen molar-refractivity contribution in [2.24, 2.45) is 5.73 Å². The SMILES string of the molecule is Cc1c(C#CCN)cccc1C(=O)NCC1COCCO1. The smallest absolute Gasteiger partial charge is 0.251 e. The Hall–Kier alpha value is -1.87. The molecule has 5 heteroatoms. The van der Waals surface area contributed by atoms with Crippen molar-refractivity contribution in [3.05, 3.63) is 34.9 Å². The van der Waals surface area contributed by atoms with Crippen LogP contribution in [0.5, 0.6) is 0 Å². The van der Waals surface area contributed by atoms with Crippen LogP contribution in [0.2, 0.25) is 0 Å². The Morgan fingerprint density at radius 3 is 3.05 bits per heavy atom. The van der Waals surface area contributed by atoms with E-state index in [0.29, 0.717) is 38.5 Å². The fourth-order valence-electron chi connectivity index (χ4n) is 2.12. The number of hydrogen-bond donors (Lipinski definition) is 2. The summed E-state index contributed by atoms with van der Waals surface area (Å²) in [7, 11) is 0. The number of nitrogens with one attached hydrogen (secondary N) is 1. The lowest BCUT2D eigenvalue weighted by atomic mass is 10.0. The Morgan fingerprint density at radius 1 is 1.48 bits per heavy atom. The molecule has 3 N–H and O–H groups in total. The predicted molar refractivity (Wildman–Crippen MR) is 80.0 cm³/mol. The fourth-order valence-corrected chi connectivity index (χ4v) is 2.12. The molecule has 1 fully saturated rings. The van der Waals surface area contributed by atoms with Gasteiger partial charge in [-0.3, -0.25) is 4.79 Å². The number of carbonyl (C=O) groups is 1. The van der Waals surface area contributed by atoms with E-state index in [-0.39, 0.29) is 12.0 Å². The number of carbonyl (C=O) groups excluding carboxylic acids is 1. The van der Waals surface area contributed by atoms with Crippen LogP contribution in [0.3, 0.4) is 0 Å². The van der Waals surface area contributed by atoms with Crippen LogP contribution in [0.15, 0.2) is 18.2 Å². The van der Waals surface area contributed by atoms with Crippen LogP contribution in [0.25, 0.3) is 0 Å². The van der Waals surface area contributed by atoms with Crippen molar-refractivity contribution < 1.29 is 14.3 Å². The Labute approximate surface area is 124 Å². The second-order valence-electron chi connectivity index (χ2n) is 4.76. The second-order valence-corrected chi connectivity index (χ2v) is 4.76. The Kier molecular flexibility index (Phi) is 5.76. The first kappa shape index (κ1) is 15.5. The van der Waals surface area contributed by atoms with E-state index >= 15 is 0 Å². The van der Waals surface area contributed by atoms with Gasteiger partial charge in [-0.05, 0) is 24.6 Å². The molecule has 0 bridgehead atoms. The summed E-state index contributed by atoms with van der Waals surface area (Å²) in [5.74, 6) is 5.65. The molecule has 1 aliphatic heterocycles. The van der Waals surface area contributed by atoms with Gasteiger partial charge < -0.3 is 20.5 Å². The summed E-state index contributed by atoms with van der Waals surface area (Å²) < 4.78 is 10.8. The van der Waals surface area contributed by atoms with Gasteiger partial charge in [-0.15, -0.1) is 0 Å². The maximum absolute atomic E-state index is 12.3. The first-order valence-corrected chi connectivity index (χ1v) is 6.98. The van der Waals surface area contributed by atoms with Gasteiger partial charge in [0.2, 0.25) is 0 Å². The van der Waals surface area contributed by atoms with Gasteiger partial charge in [-0.1, -0.05) is 17.9 Å². The quantitative estimate of drug-likeness (QED) is 0.792. The van der Waals surface area contributed by atoms with Crippen LogP contribution in [-0.2, 0) is 9.47 Å². The lowest BCUT2D eigenvalue weighted by Crippen LogP contribution is -2.39. The zero-order valence-electron chi connectivity index (χ0n) is 12.1. The number of ether oxygens (including phenoxy) is 2. The molecule has 5 nitrogen and oxygen atoms in total. The summed E-state index contributed by atoms with van der Waals surface area (Å²) >= 11 is 0. The Morgan fingerprint density at radius 2 is 2.33 bits per heavy atom. The molecule has 21 heavy (non-hydrogen) atoms. The van der Waals surface area contributed by atoms with Crippen LogP contribution in [0, 0.1) is 18.8 Å². The van der Waals surface area contributed by atoms with Crippen LogP contribution in [-0.4, -0.2) is 44.9 Å². The number of nitrogens with two attached hydrogens (primary N) is 1. The molecular weight excluding hydrogens is 268 g/mol. The molecule has 112 valence electrons. The molecule has 0 aromatic heterocycles. The Balaban J connectivity index is 2.01. The molecular formula is C16H20N2O3. The monoisotopic (exact) mass is 288 g/mol. The standard InChI is InChI=1S/C16H20N2O3/c1-12-13(5-3-7-17)4-2-6-15(12)16(19)18-10-14-11-20-8-9-21-14/h2,4,6,14H,7-11,17H2,1H3,(H,18,19). The first-order valence-electron chi connectivity index (χ1n) is 6.98. The van der Waals surface area contributed by atoms with Gasteiger partial charge in [0.05, 0.1) is 32.5 Å². The minimum atomic E-state index is -0.127. The molecule has 2 rings (SSSR count). The third-order valence-corrected chi connectivity index (χ3v) is 3.28. The normalized spacial score (nSPS) is 17.7. The van der Waals surface area contributed by atoms with Gasteiger partial charge in [0.15, 0.2) is 0 Å². The summed E-state index contributed by atoms with van der Waals surface area (Å²) in [5, 5.41) is 2.88. The van der Waals surface area contributed by atoms with E-state index in [1.165, 1.54) is 0 Å². The van der Waals surface area contributed by atoms with Crippen molar-refractivity contribution in [1.82, 2.24) is 5.32 Å². The molecule has 1 unspecified atom stereocenters. The zero-order valence-corrected chi connectivity index (χ0v) is 12.1. The Bertz CT molecular complexity index is 554. The van der Waals surface area contributed by atoms with E-state index in [2.05, 4.69) is 17.2 Å². The van der Waals surface area contributed by atoms with Gasteiger partial charge in [-0.2, -0.15) is 0 Å². The van der Waals surface area contributed by atoms with E-state index in [1.807, 2.05) is 19.1 Å². The average molecular weight is 288 g/mol. The van der Waals surface area contributed by atoms with Gasteiger partial charge >= 0.3 is 0 Å². The molecule has 0 spiro atoms. The predicted octanol–water partition coefficient (Wildman–Crippen LogP) is 0.450. The van der Waals surface area contributed by atoms with Crippen molar-refractivity contribution in [3.8, 4) is 11.8 Å². The molecule has 1 aromatic carbocycles. The summed E-state index contributed by atoms with van der Waals surface area (Å²) in [5.41, 5.74) is 7.68. The first-order chi connectivity index (χ1) is 10.2. The minimum Gasteiger partial charge on any atom is -0.376 e. The van der Waals surface area contributed by atoms with Crippen molar-refractivity contribution in [1.29, 1.82) is 0 Å². The lowest BCUT2D eigenvalue weighted by molar-refractivity contribution is -0.0855. The highest BCUT2D eigenvalue weighted by Gasteiger charge is 2.17. The third kappa shape index (κ3) is 4.30. The maximum atomic E-state index is 12.3. The summed E-state index contributed by atoms with van der Waals surface area (Å²) in [6, 6.07) is 5.49. The molecule has 1 amide bonds. The van der Waals surface area contributed by atoms with E-state index in [4.69, 9.17) is 15.2 Å². The molecule has 1 atom stereocenters. The van der Waals surface area contributed by atoms with E-state index in [0.717, 1.165) is 11.1 Å². The van der Waals surface area contributed by atoms with Gasteiger partial charge in [0, 0.05) is 17.7 Å². The van der Waals surface area contributed by atoms with E-state index < -0.39 is 0 Å². The fraction of sp³-hybridized carbons (Fsp3) is 0.438. The van der Waals surface area contributed by atoms with Gasteiger partial charge in [0.1, 0.15) is 0 Å². The van der Waals surface area contributed by atoms with E-state index in [9.17, 15) is 4.79 Å². The van der Waals surface area contributed by atoms with Crippen molar-refractivity contribution in [2.75, 3.05) is 32.9 Å². The minimum absolute atomic E-state index is 0.0804. The number of amides is 1. The number of benzene rings is 1. The summed E-state index contributed by atoms with van der Waals surface area (Å²) in [4.78, 5) is 12.3. The summed E-state index contributed by atoms with van der Waals surface area (Å²) in [6.45, 7) is 4.33. The number of rotatable bonds is 3. The van der Waals surface area contributed by atoms with Crippen molar-refractivity contribution >= 4 is 5.91 Å². The van der Waals surface area contributed by atoms with Crippen LogP contribution in [0.4, 0.5) is 0 Å². The highest BCUT2D eigenvalue weighted by molar-refractivity contribution is 5.96. The van der Waals surface area contributed by atoms with E-state index in [1.54, 1.807) is 6.07 Å². The highest BCUT2D eigenvalue weighted by atomic mass is 16.6. The highest BCUT2D eigenvalue weighted by Crippen LogP contribution is 2.13. The molecule has 1 saturated heterocycles. The maximum Gasteiger partial charge on any atom is 0.251 e. The van der Waals surface area contributed by atoms with Crippen LogP contribution < -0.4 is 11.1 Å². The zero-order chi connectivity index (χ0) is 15.1. The van der Waals surface area contributed by atoms with Gasteiger partial charge in [0.25, 0.3) is 5.91 Å². The van der Waals surface area contributed by atoms with Crippen molar-refractivity contribution in [3.63, 3.8) is 0 Å². The molecule has 0 aliphatic carbocycles. The molecule has 1 heterocycles.